The third kappa shape index (κ3) is 3.52. The first-order valence-corrected chi connectivity index (χ1v) is 7.08. The van der Waals surface area contributed by atoms with E-state index < -0.39 is 17.5 Å². The molecule has 2 nitrogen and oxygen atoms in total. The second-order valence-corrected chi connectivity index (χ2v) is 5.72. The van der Waals surface area contributed by atoms with E-state index in [0.717, 1.165) is 32.2 Å². The monoisotopic (exact) mass is 286 g/mol. The second-order valence-electron chi connectivity index (χ2n) is 5.72. The molecular formula is C15H21F3N2. The van der Waals surface area contributed by atoms with Crippen molar-refractivity contribution in [3.8, 4) is 0 Å². The molecule has 0 radical (unpaired) electrons. The Kier molecular flexibility index (Phi) is 5.05. The van der Waals surface area contributed by atoms with Crippen molar-refractivity contribution in [2.75, 3.05) is 26.2 Å². The van der Waals surface area contributed by atoms with E-state index in [-0.39, 0.29) is 11.6 Å². The Morgan fingerprint density at radius 3 is 2.40 bits per heavy atom. The summed E-state index contributed by atoms with van der Waals surface area (Å²) in [5, 5.41) is 3.23. The number of nitrogens with one attached hydrogen (secondary N) is 1. The molecule has 1 N–H and O–H groups in total. The Balaban J connectivity index is 2.34. The van der Waals surface area contributed by atoms with Crippen LogP contribution in [0.15, 0.2) is 12.1 Å². The zero-order valence-electron chi connectivity index (χ0n) is 11.9. The lowest BCUT2D eigenvalue weighted by Gasteiger charge is -2.36. The minimum atomic E-state index is -1.11. The van der Waals surface area contributed by atoms with Crippen molar-refractivity contribution < 1.29 is 13.2 Å². The average molecular weight is 286 g/mol. The van der Waals surface area contributed by atoms with Gasteiger partial charge >= 0.3 is 0 Å². The molecular weight excluding hydrogens is 265 g/mol. The summed E-state index contributed by atoms with van der Waals surface area (Å²) in [6.07, 6.45) is 0.680. The number of hydrogen-bond donors (Lipinski definition) is 1. The summed E-state index contributed by atoms with van der Waals surface area (Å²) < 4.78 is 40.9. The Morgan fingerprint density at radius 1 is 1.15 bits per heavy atom. The predicted octanol–water partition coefficient (Wildman–Crippen LogP) is 3.10. The molecule has 0 bridgehead atoms. The molecule has 1 aliphatic heterocycles. The maximum absolute atomic E-state index is 14.1. The van der Waals surface area contributed by atoms with Gasteiger partial charge in [-0.1, -0.05) is 13.8 Å². The molecule has 1 heterocycles. The van der Waals surface area contributed by atoms with Gasteiger partial charge in [-0.15, -0.1) is 0 Å². The van der Waals surface area contributed by atoms with E-state index in [0.29, 0.717) is 18.4 Å². The summed E-state index contributed by atoms with van der Waals surface area (Å²) in [6, 6.07) is 1.46. The van der Waals surface area contributed by atoms with Gasteiger partial charge in [0.2, 0.25) is 0 Å². The molecule has 1 saturated heterocycles. The Labute approximate surface area is 118 Å². The number of hydrogen-bond acceptors (Lipinski definition) is 2. The molecule has 0 aliphatic carbocycles. The van der Waals surface area contributed by atoms with E-state index in [1.807, 2.05) is 13.8 Å². The lowest BCUT2D eigenvalue weighted by atomic mass is 9.94. The van der Waals surface area contributed by atoms with Gasteiger partial charge < -0.3 is 5.32 Å². The molecule has 1 aliphatic rings. The molecule has 0 amide bonds. The summed E-state index contributed by atoms with van der Waals surface area (Å²) in [5.41, 5.74) is 0.137. The first kappa shape index (κ1) is 15.3. The molecule has 0 aromatic heterocycles. The van der Waals surface area contributed by atoms with Crippen LogP contribution in [0.3, 0.4) is 0 Å². The minimum absolute atomic E-state index is 0.137. The first-order valence-electron chi connectivity index (χ1n) is 7.08. The van der Waals surface area contributed by atoms with Crippen molar-refractivity contribution in [3.05, 3.63) is 35.1 Å². The largest absolute Gasteiger partial charge is 0.314 e. The summed E-state index contributed by atoms with van der Waals surface area (Å²) in [6.45, 7) is 7.21. The number of nitrogens with zero attached hydrogens (tertiary/aromatic N) is 1. The van der Waals surface area contributed by atoms with E-state index in [1.54, 1.807) is 0 Å². The lowest BCUT2D eigenvalue weighted by molar-refractivity contribution is 0.150. The smallest absolute Gasteiger partial charge is 0.163 e. The van der Waals surface area contributed by atoms with Crippen molar-refractivity contribution in [3.63, 3.8) is 0 Å². The molecule has 0 spiro atoms. The molecule has 1 atom stereocenters. The topological polar surface area (TPSA) is 15.3 Å². The van der Waals surface area contributed by atoms with Crippen LogP contribution in [-0.4, -0.2) is 31.1 Å². The molecule has 20 heavy (non-hydrogen) atoms. The van der Waals surface area contributed by atoms with E-state index in [1.165, 1.54) is 0 Å². The Morgan fingerprint density at radius 2 is 1.80 bits per heavy atom. The highest BCUT2D eigenvalue weighted by Crippen LogP contribution is 2.31. The van der Waals surface area contributed by atoms with Crippen LogP contribution in [0, 0.1) is 23.4 Å². The summed E-state index contributed by atoms with van der Waals surface area (Å²) in [5.74, 6) is -2.43. The van der Waals surface area contributed by atoms with E-state index in [9.17, 15) is 13.2 Å². The normalized spacial score (nSPS) is 18.5. The van der Waals surface area contributed by atoms with Crippen molar-refractivity contribution >= 4 is 0 Å². The molecule has 5 heteroatoms. The first-order chi connectivity index (χ1) is 9.49. The van der Waals surface area contributed by atoms with Gasteiger partial charge in [-0.2, -0.15) is 0 Å². The number of benzene rings is 1. The van der Waals surface area contributed by atoms with Crippen molar-refractivity contribution in [1.29, 1.82) is 0 Å². The quantitative estimate of drug-likeness (QED) is 0.856. The van der Waals surface area contributed by atoms with Gasteiger partial charge in [0.15, 0.2) is 11.6 Å². The predicted molar refractivity (Wildman–Crippen MR) is 73.0 cm³/mol. The SMILES string of the molecule is CC(C)C[C@@H](c1cc(F)cc(F)c1F)N1CCNCC1. The molecule has 0 saturated carbocycles. The maximum Gasteiger partial charge on any atom is 0.163 e. The Hall–Kier alpha value is -1.07. The maximum atomic E-state index is 14.1. The third-order valence-corrected chi connectivity index (χ3v) is 3.67. The van der Waals surface area contributed by atoms with Gasteiger partial charge in [0.25, 0.3) is 0 Å². The molecule has 2 rings (SSSR count). The second kappa shape index (κ2) is 6.59. The van der Waals surface area contributed by atoms with Crippen LogP contribution in [0.2, 0.25) is 0 Å². The molecule has 0 unspecified atom stereocenters. The lowest BCUT2D eigenvalue weighted by Crippen LogP contribution is -2.45. The van der Waals surface area contributed by atoms with Crippen LogP contribution in [0.25, 0.3) is 0 Å². The van der Waals surface area contributed by atoms with Crippen molar-refractivity contribution in [2.45, 2.75) is 26.3 Å². The van der Waals surface area contributed by atoms with Crippen molar-refractivity contribution in [1.82, 2.24) is 10.2 Å². The molecule has 112 valence electrons. The van der Waals surface area contributed by atoms with Crippen LogP contribution in [0.5, 0.6) is 0 Å². The highest BCUT2D eigenvalue weighted by molar-refractivity contribution is 5.24. The van der Waals surface area contributed by atoms with E-state index >= 15 is 0 Å². The van der Waals surface area contributed by atoms with Crippen LogP contribution in [-0.2, 0) is 0 Å². The van der Waals surface area contributed by atoms with Crippen LogP contribution < -0.4 is 5.32 Å². The minimum Gasteiger partial charge on any atom is -0.314 e. The molecule has 1 aromatic carbocycles. The van der Waals surface area contributed by atoms with E-state index in [4.69, 9.17) is 0 Å². The number of piperazine rings is 1. The van der Waals surface area contributed by atoms with Crippen LogP contribution in [0.4, 0.5) is 13.2 Å². The average Bonchev–Trinajstić information content (AvgIpc) is 2.41. The van der Waals surface area contributed by atoms with Gasteiger partial charge in [0.1, 0.15) is 5.82 Å². The van der Waals surface area contributed by atoms with Crippen LogP contribution in [0.1, 0.15) is 31.9 Å². The standard InChI is InChI=1S/C15H21F3N2/c1-10(2)7-14(20-5-3-19-4-6-20)12-8-11(16)9-13(17)15(12)18/h8-10,14,19H,3-7H2,1-2H3/t14-/m0/s1. The summed E-state index contributed by atoms with van der Waals surface area (Å²) in [4.78, 5) is 2.10. The van der Waals surface area contributed by atoms with Gasteiger partial charge in [-0.3, -0.25) is 4.90 Å². The third-order valence-electron chi connectivity index (χ3n) is 3.67. The zero-order chi connectivity index (χ0) is 14.7. The summed E-state index contributed by atoms with van der Waals surface area (Å²) in [7, 11) is 0. The van der Waals surface area contributed by atoms with Crippen LogP contribution >= 0.6 is 0 Å². The van der Waals surface area contributed by atoms with Gasteiger partial charge in [-0.25, -0.2) is 13.2 Å². The summed E-state index contributed by atoms with van der Waals surface area (Å²) >= 11 is 0. The van der Waals surface area contributed by atoms with Gasteiger partial charge in [0.05, 0.1) is 0 Å². The fraction of sp³-hybridized carbons (Fsp3) is 0.600. The fourth-order valence-electron chi connectivity index (χ4n) is 2.73. The number of halogens is 3. The fourth-order valence-corrected chi connectivity index (χ4v) is 2.73. The molecule has 1 aromatic rings. The van der Waals surface area contributed by atoms with Gasteiger partial charge in [-0.05, 0) is 18.4 Å². The Bertz CT molecular complexity index is 457. The van der Waals surface area contributed by atoms with Crippen molar-refractivity contribution in [2.24, 2.45) is 5.92 Å². The van der Waals surface area contributed by atoms with Gasteiger partial charge in [0, 0.05) is 43.9 Å². The molecule has 1 fully saturated rings. The highest BCUT2D eigenvalue weighted by Gasteiger charge is 2.27. The van der Waals surface area contributed by atoms with E-state index in [2.05, 4.69) is 10.2 Å². The zero-order valence-corrected chi connectivity index (χ0v) is 11.9. The highest BCUT2D eigenvalue weighted by atomic mass is 19.2. The number of rotatable bonds is 4.